The van der Waals surface area contributed by atoms with E-state index >= 15 is 0 Å². The van der Waals surface area contributed by atoms with Crippen molar-refractivity contribution in [2.24, 2.45) is 12.0 Å². The minimum absolute atomic E-state index is 0.283. The largest absolute Gasteiger partial charge is 0.353 e. The van der Waals surface area contributed by atoms with Gasteiger partial charge >= 0.3 is 0 Å². The van der Waals surface area contributed by atoms with Crippen LogP contribution in [0.5, 0.6) is 0 Å². The zero-order valence-electron chi connectivity index (χ0n) is 14.7. The molecule has 3 rings (SSSR count). The molecular formula is C16H23ClN8. The molecule has 1 fully saturated rings. The maximum absolute atomic E-state index is 6.24. The standard InChI is InChI=1S/C16H23ClN8/c1-11-22-23-14(24(11)3)9-20-16(18-2)21-12-6-8-25(10-12)15-13(17)5-4-7-19-15/h4-5,7,12H,6,8-10H2,1-3H3,(H2,18,20,21). The lowest BCUT2D eigenvalue weighted by Gasteiger charge is -2.20. The van der Waals surface area contributed by atoms with E-state index in [2.05, 4.69) is 35.7 Å². The van der Waals surface area contributed by atoms with Crippen LogP contribution in [0.1, 0.15) is 18.1 Å². The molecule has 1 unspecified atom stereocenters. The van der Waals surface area contributed by atoms with Gasteiger partial charge in [-0.05, 0) is 25.5 Å². The number of halogens is 1. The number of pyridine rings is 1. The van der Waals surface area contributed by atoms with Gasteiger partial charge in [-0.1, -0.05) is 11.6 Å². The number of aliphatic imine (C=N–C) groups is 1. The average Bonchev–Trinajstić information content (AvgIpc) is 3.20. The Balaban J connectivity index is 1.54. The summed E-state index contributed by atoms with van der Waals surface area (Å²) in [5.74, 6) is 3.35. The molecule has 0 aliphatic carbocycles. The summed E-state index contributed by atoms with van der Waals surface area (Å²) in [5.41, 5.74) is 0. The monoisotopic (exact) mass is 362 g/mol. The van der Waals surface area contributed by atoms with Gasteiger partial charge in [0.05, 0.1) is 11.6 Å². The highest BCUT2D eigenvalue weighted by Gasteiger charge is 2.25. The molecule has 1 atom stereocenters. The third-order valence-corrected chi connectivity index (χ3v) is 4.68. The van der Waals surface area contributed by atoms with Crippen molar-refractivity contribution in [3.05, 3.63) is 35.0 Å². The molecular weight excluding hydrogens is 340 g/mol. The fourth-order valence-electron chi connectivity index (χ4n) is 2.84. The van der Waals surface area contributed by atoms with Crippen LogP contribution in [0.3, 0.4) is 0 Å². The Morgan fingerprint density at radius 1 is 1.44 bits per heavy atom. The highest BCUT2D eigenvalue weighted by Crippen LogP contribution is 2.25. The van der Waals surface area contributed by atoms with Gasteiger partial charge in [-0.3, -0.25) is 4.99 Å². The molecule has 0 bridgehead atoms. The van der Waals surface area contributed by atoms with Crippen molar-refractivity contribution in [3.8, 4) is 0 Å². The maximum Gasteiger partial charge on any atom is 0.191 e. The number of nitrogens with one attached hydrogen (secondary N) is 2. The number of rotatable bonds is 4. The van der Waals surface area contributed by atoms with Crippen LogP contribution in [-0.2, 0) is 13.6 Å². The van der Waals surface area contributed by atoms with Gasteiger partial charge < -0.3 is 20.1 Å². The Kier molecular flexibility index (Phi) is 5.37. The topological polar surface area (TPSA) is 83.3 Å². The molecule has 1 saturated heterocycles. The molecule has 25 heavy (non-hydrogen) atoms. The highest BCUT2D eigenvalue weighted by atomic mass is 35.5. The van der Waals surface area contributed by atoms with Gasteiger partial charge in [0.2, 0.25) is 0 Å². The van der Waals surface area contributed by atoms with Gasteiger partial charge in [0.15, 0.2) is 11.8 Å². The number of anilines is 1. The second kappa shape index (κ2) is 7.69. The highest BCUT2D eigenvalue weighted by molar-refractivity contribution is 6.32. The summed E-state index contributed by atoms with van der Waals surface area (Å²) in [5, 5.41) is 15.6. The summed E-state index contributed by atoms with van der Waals surface area (Å²) >= 11 is 6.24. The molecule has 0 saturated carbocycles. The van der Waals surface area contributed by atoms with E-state index in [1.165, 1.54) is 0 Å². The number of guanidine groups is 1. The van der Waals surface area contributed by atoms with Crippen molar-refractivity contribution in [3.63, 3.8) is 0 Å². The molecule has 1 aliphatic heterocycles. The van der Waals surface area contributed by atoms with E-state index in [4.69, 9.17) is 11.6 Å². The minimum Gasteiger partial charge on any atom is -0.353 e. The van der Waals surface area contributed by atoms with E-state index in [0.29, 0.717) is 11.6 Å². The van der Waals surface area contributed by atoms with Crippen LogP contribution in [0.25, 0.3) is 0 Å². The molecule has 0 aromatic carbocycles. The number of aromatic nitrogens is 4. The van der Waals surface area contributed by atoms with Crippen molar-refractivity contribution < 1.29 is 0 Å². The van der Waals surface area contributed by atoms with Crippen LogP contribution in [0.2, 0.25) is 5.02 Å². The SMILES string of the molecule is CN=C(NCc1nnc(C)n1C)NC1CCN(c2ncccc2Cl)C1. The number of nitrogens with zero attached hydrogens (tertiary/aromatic N) is 6. The van der Waals surface area contributed by atoms with Gasteiger partial charge in [-0.15, -0.1) is 10.2 Å². The quantitative estimate of drug-likeness (QED) is 0.626. The second-order valence-corrected chi connectivity index (χ2v) is 6.44. The fraction of sp³-hybridized carbons (Fsp3) is 0.500. The first kappa shape index (κ1) is 17.5. The molecule has 1 aliphatic rings. The smallest absolute Gasteiger partial charge is 0.191 e. The third kappa shape index (κ3) is 4.01. The van der Waals surface area contributed by atoms with E-state index in [1.807, 2.05) is 30.7 Å². The van der Waals surface area contributed by atoms with Crippen molar-refractivity contribution in [2.75, 3.05) is 25.0 Å². The first-order valence-corrected chi connectivity index (χ1v) is 8.63. The molecule has 0 amide bonds. The first-order valence-electron chi connectivity index (χ1n) is 8.26. The second-order valence-electron chi connectivity index (χ2n) is 6.03. The molecule has 2 aromatic rings. The molecule has 2 aromatic heterocycles. The third-order valence-electron chi connectivity index (χ3n) is 4.39. The molecule has 8 nitrogen and oxygen atoms in total. The molecule has 3 heterocycles. The zero-order chi connectivity index (χ0) is 17.8. The van der Waals surface area contributed by atoms with Crippen molar-refractivity contribution >= 4 is 23.4 Å². The summed E-state index contributed by atoms with van der Waals surface area (Å²) in [6.45, 7) is 4.24. The van der Waals surface area contributed by atoms with E-state index in [0.717, 1.165) is 42.9 Å². The number of hydrogen-bond acceptors (Lipinski definition) is 5. The van der Waals surface area contributed by atoms with Gasteiger partial charge in [0, 0.05) is 39.4 Å². The fourth-order valence-corrected chi connectivity index (χ4v) is 3.08. The van der Waals surface area contributed by atoms with Gasteiger partial charge in [0.25, 0.3) is 0 Å². The first-order chi connectivity index (χ1) is 12.1. The normalized spacial score (nSPS) is 17.8. The lowest BCUT2D eigenvalue weighted by Crippen LogP contribution is -2.44. The number of hydrogen-bond donors (Lipinski definition) is 2. The minimum atomic E-state index is 0.283. The predicted molar refractivity (Wildman–Crippen MR) is 98.9 cm³/mol. The summed E-state index contributed by atoms with van der Waals surface area (Å²) in [6.07, 6.45) is 2.77. The summed E-state index contributed by atoms with van der Waals surface area (Å²) in [6, 6.07) is 4.00. The molecule has 0 radical (unpaired) electrons. The van der Waals surface area contributed by atoms with Crippen molar-refractivity contribution in [1.29, 1.82) is 0 Å². The van der Waals surface area contributed by atoms with Gasteiger partial charge in [-0.2, -0.15) is 0 Å². The molecule has 9 heteroatoms. The van der Waals surface area contributed by atoms with Crippen LogP contribution in [-0.4, -0.2) is 51.9 Å². The van der Waals surface area contributed by atoms with Crippen LogP contribution in [0.4, 0.5) is 5.82 Å². The summed E-state index contributed by atoms with van der Waals surface area (Å²) in [7, 11) is 3.72. The van der Waals surface area contributed by atoms with Crippen molar-refractivity contribution in [2.45, 2.75) is 25.9 Å². The van der Waals surface area contributed by atoms with Crippen LogP contribution >= 0.6 is 11.6 Å². The van der Waals surface area contributed by atoms with Crippen LogP contribution in [0, 0.1) is 6.92 Å². The van der Waals surface area contributed by atoms with E-state index < -0.39 is 0 Å². The zero-order valence-corrected chi connectivity index (χ0v) is 15.5. The summed E-state index contributed by atoms with van der Waals surface area (Å²) in [4.78, 5) is 10.9. The lowest BCUT2D eigenvalue weighted by atomic mass is 10.3. The number of aryl methyl sites for hydroxylation is 1. The Hall–Kier alpha value is -2.35. The molecule has 134 valence electrons. The van der Waals surface area contributed by atoms with E-state index in [-0.39, 0.29) is 6.04 Å². The lowest BCUT2D eigenvalue weighted by molar-refractivity contribution is 0.639. The maximum atomic E-state index is 6.24. The van der Waals surface area contributed by atoms with Crippen LogP contribution in [0.15, 0.2) is 23.3 Å². The molecule has 0 spiro atoms. The van der Waals surface area contributed by atoms with Gasteiger partial charge in [0.1, 0.15) is 11.6 Å². The van der Waals surface area contributed by atoms with Crippen molar-refractivity contribution in [1.82, 2.24) is 30.4 Å². The Morgan fingerprint density at radius 3 is 2.96 bits per heavy atom. The molecule has 2 N–H and O–H groups in total. The Morgan fingerprint density at radius 2 is 2.28 bits per heavy atom. The average molecular weight is 363 g/mol. The summed E-state index contributed by atoms with van der Waals surface area (Å²) < 4.78 is 1.96. The Bertz CT molecular complexity index is 756. The van der Waals surface area contributed by atoms with Crippen LogP contribution < -0.4 is 15.5 Å². The Labute approximate surface area is 152 Å². The predicted octanol–water partition coefficient (Wildman–Crippen LogP) is 1.12. The van der Waals surface area contributed by atoms with E-state index in [9.17, 15) is 0 Å². The van der Waals surface area contributed by atoms with E-state index in [1.54, 1.807) is 13.2 Å². The van der Waals surface area contributed by atoms with Gasteiger partial charge in [-0.25, -0.2) is 4.98 Å².